The van der Waals surface area contributed by atoms with Crippen molar-refractivity contribution in [3.05, 3.63) is 46.2 Å². The topological polar surface area (TPSA) is 22.0 Å². The standard InChI is InChI=1S/C10H8FNO/c1-7-3-2-4-8-9(13)5-6-12(11)10(7)8/h2-6H,1H3. The minimum atomic E-state index is -0.146. The van der Waals surface area contributed by atoms with Crippen molar-refractivity contribution in [2.45, 2.75) is 6.92 Å². The molecule has 0 amide bonds. The molecule has 2 rings (SSSR count). The highest BCUT2D eigenvalue weighted by atomic mass is 19.2. The van der Waals surface area contributed by atoms with E-state index in [0.717, 1.165) is 11.8 Å². The Morgan fingerprint density at radius 1 is 1.31 bits per heavy atom. The third-order valence-electron chi connectivity index (χ3n) is 2.07. The molecule has 0 radical (unpaired) electrons. The van der Waals surface area contributed by atoms with Crippen LogP contribution in [-0.4, -0.2) is 4.79 Å². The highest BCUT2D eigenvalue weighted by molar-refractivity contribution is 5.81. The van der Waals surface area contributed by atoms with Crippen molar-refractivity contribution in [2.75, 3.05) is 0 Å². The third kappa shape index (κ3) is 1.13. The number of para-hydroxylation sites is 1. The lowest BCUT2D eigenvalue weighted by Gasteiger charge is -2.02. The highest BCUT2D eigenvalue weighted by Gasteiger charge is 2.03. The van der Waals surface area contributed by atoms with Gasteiger partial charge in [-0.05, 0) is 18.6 Å². The summed E-state index contributed by atoms with van der Waals surface area (Å²) in [6.07, 6.45) is 1.14. The van der Waals surface area contributed by atoms with Gasteiger partial charge in [0, 0.05) is 17.6 Å². The Hall–Kier alpha value is -1.64. The number of aryl methyl sites for hydroxylation is 1. The van der Waals surface area contributed by atoms with Crippen molar-refractivity contribution < 1.29 is 4.48 Å². The van der Waals surface area contributed by atoms with Gasteiger partial charge in [0.2, 0.25) is 0 Å². The van der Waals surface area contributed by atoms with E-state index in [9.17, 15) is 9.28 Å². The predicted molar refractivity (Wildman–Crippen MR) is 49.5 cm³/mol. The normalized spacial score (nSPS) is 10.6. The lowest BCUT2D eigenvalue weighted by molar-refractivity contribution is 0.384. The quantitative estimate of drug-likeness (QED) is 0.603. The van der Waals surface area contributed by atoms with E-state index in [2.05, 4.69) is 0 Å². The zero-order valence-corrected chi connectivity index (χ0v) is 7.12. The van der Waals surface area contributed by atoms with Crippen LogP contribution in [0.2, 0.25) is 0 Å². The van der Waals surface area contributed by atoms with Crippen LogP contribution in [0.3, 0.4) is 0 Å². The summed E-state index contributed by atoms with van der Waals surface area (Å²) < 4.78 is 13.2. The Balaban J connectivity index is 3.09. The Kier molecular flexibility index (Phi) is 1.65. The summed E-state index contributed by atoms with van der Waals surface area (Å²) in [6, 6.07) is 6.37. The number of pyridine rings is 1. The Morgan fingerprint density at radius 3 is 2.77 bits per heavy atom. The van der Waals surface area contributed by atoms with Gasteiger partial charge in [0.05, 0.1) is 5.52 Å². The number of hydrogen-bond donors (Lipinski definition) is 0. The van der Waals surface area contributed by atoms with Crippen molar-refractivity contribution in [3.63, 3.8) is 0 Å². The first-order valence-electron chi connectivity index (χ1n) is 3.97. The molecule has 2 aromatic rings. The van der Waals surface area contributed by atoms with Crippen LogP contribution in [0.4, 0.5) is 4.48 Å². The van der Waals surface area contributed by atoms with Crippen molar-refractivity contribution in [2.24, 2.45) is 0 Å². The van der Waals surface area contributed by atoms with Gasteiger partial charge in [0.25, 0.3) is 0 Å². The van der Waals surface area contributed by atoms with E-state index in [1.54, 1.807) is 25.1 Å². The maximum atomic E-state index is 13.2. The van der Waals surface area contributed by atoms with Crippen LogP contribution in [0.5, 0.6) is 0 Å². The van der Waals surface area contributed by atoms with Crippen molar-refractivity contribution in [3.8, 4) is 0 Å². The summed E-state index contributed by atoms with van der Waals surface area (Å²) in [6.45, 7) is 1.78. The van der Waals surface area contributed by atoms with E-state index >= 15 is 0 Å². The minimum Gasteiger partial charge on any atom is -0.289 e. The molecule has 0 unspecified atom stereocenters. The number of halogens is 1. The van der Waals surface area contributed by atoms with Gasteiger partial charge in [-0.25, -0.2) is 0 Å². The molecule has 0 N–H and O–H groups in total. The average molecular weight is 177 g/mol. The molecule has 0 fully saturated rings. The smallest absolute Gasteiger partial charge is 0.189 e. The SMILES string of the molecule is Cc1cccc2c(=O)ccn(F)c12. The lowest BCUT2D eigenvalue weighted by atomic mass is 10.1. The summed E-state index contributed by atoms with van der Waals surface area (Å²) in [5.74, 6) is 0. The molecule has 1 aromatic carbocycles. The molecule has 0 aliphatic heterocycles. The summed E-state index contributed by atoms with van der Waals surface area (Å²) in [4.78, 5) is 11.8. The summed E-state index contributed by atoms with van der Waals surface area (Å²) in [7, 11) is 0. The van der Waals surface area contributed by atoms with Gasteiger partial charge in [0.1, 0.15) is 0 Å². The van der Waals surface area contributed by atoms with Crippen molar-refractivity contribution in [1.82, 2.24) is 4.79 Å². The van der Waals surface area contributed by atoms with Crippen LogP contribution in [0.25, 0.3) is 10.9 Å². The highest BCUT2D eigenvalue weighted by Crippen LogP contribution is 2.14. The fourth-order valence-corrected chi connectivity index (χ4v) is 1.44. The first-order chi connectivity index (χ1) is 6.20. The molecule has 0 saturated heterocycles. The van der Waals surface area contributed by atoms with E-state index in [0.29, 0.717) is 15.7 Å². The number of aromatic nitrogens is 1. The third-order valence-corrected chi connectivity index (χ3v) is 2.07. The molecule has 0 aliphatic rings. The fourth-order valence-electron chi connectivity index (χ4n) is 1.44. The van der Waals surface area contributed by atoms with E-state index in [4.69, 9.17) is 0 Å². The summed E-state index contributed by atoms with van der Waals surface area (Å²) in [5, 5.41) is 0.421. The van der Waals surface area contributed by atoms with Crippen LogP contribution < -0.4 is 5.43 Å². The minimum absolute atomic E-state index is 0.146. The van der Waals surface area contributed by atoms with E-state index in [-0.39, 0.29) is 5.43 Å². The largest absolute Gasteiger partial charge is 0.289 e. The first kappa shape index (κ1) is 7.98. The summed E-state index contributed by atoms with van der Waals surface area (Å²) in [5.41, 5.74) is 0.973. The molecule has 3 heteroatoms. The van der Waals surface area contributed by atoms with E-state index in [1.807, 2.05) is 0 Å². The molecular formula is C10H8FNO. The monoisotopic (exact) mass is 177 g/mol. The van der Waals surface area contributed by atoms with Gasteiger partial charge in [-0.1, -0.05) is 16.6 Å². The molecule has 13 heavy (non-hydrogen) atoms. The van der Waals surface area contributed by atoms with Gasteiger partial charge in [-0.15, -0.1) is 0 Å². The van der Waals surface area contributed by atoms with E-state index < -0.39 is 0 Å². The maximum absolute atomic E-state index is 13.2. The number of rotatable bonds is 0. The zero-order valence-electron chi connectivity index (χ0n) is 7.12. The molecular weight excluding hydrogens is 169 g/mol. The number of fused-ring (bicyclic) bond motifs is 1. The van der Waals surface area contributed by atoms with Crippen molar-refractivity contribution in [1.29, 1.82) is 0 Å². The molecule has 0 bridgehead atoms. The van der Waals surface area contributed by atoms with Gasteiger partial charge in [-0.2, -0.15) is 4.79 Å². The van der Waals surface area contributed by atoms with Gasteiger partial charge < -0.3 is 0 Å². The number of nitrogens with zero attached hydrogens (tertiary/aromatic N) is 1. The number of hydrogen-bond acceptors (Lipinski definition) is 1. The predicted octanol–water partition coefficient (Wildman–Crippen LogP) is 2.04. The van der Waals surface area contributed by atoms with Crippen LogP contribution in [0, 0.1) is 6.92 Å². The summed E-state index contributed by atoms with van der Waals surface area (Å²) >= 11 is 0. The van der Waals surface area contributed by atoms with Gasteiger partial charge >= 0.3 is 0 Å². The first-order valence-corrected chi connectivity index (χ1v) is 3.97. The molecule has 0 spiro atoms. The van der Waals surface area contributed by atoms with Crippen molar-refractivity contribution >= 4 is 10.9 Å². The van der Waals surface area contributed by atoms with Crippen LogP contribution in [-0.2, 0) is 0 Å². The molecule has 1 aromatic heterocycles. The van der Waals surface area contributed by atoms with E-state index in [1.165, 1.54) is 6.07 Å². The maximum Gasteiger partial charge on any atom is 0.189 e. The Labute approximate surface area is 74.2 Å². The zero-order chi connectivity index (χ0) is 9.42. The lowest BCUT2D eigenvalue weighted by Crippen LogP contribution is -2.04. The Bertz CT molecular complexity index is 508. The molecule has 2 nitrogen and oxygen atoms in total. The van der Waals surface area contributed by atoms with Gasteiger partial charge in [0.15, 0.2) is 5.43 Å². The number of benzene rings is 1. The second kappa shape index (κ2) is 2.69. The molecule has 1 heterocycles. The van der Waals surface area contributed by atoms with Crippen LogP contribution >= 0.6 is 0 Å². The van der Waals surface area contributed by atoms with Crippen LogP contribution in [0.1, 0.15) is 5.56 Å². The molecule has 0 atom stereocenters. The van der Waals surface area contributed by atoms with Crippen LogP contribution in [0.15, 0.2) is 35.3 Å². The Morgan fingerprint density at radius 2 is 2.08 bits per heavy atom. The molecule has 0 saturated carbocycles. The molecule has 0 aliphatic carbocycles. The average Bonchev–Trinajstić information content (AvgIpc) is 2.12. The van der Waals surface area contributed by atoms with Gasteiger partial charge in [-0.3, -0.25) is 4.79 Å². The second-order valence-electron chi connectivity index (χ2n) is 2.96. The second-order valence-corrected chi connectivity index (χ2v) is 2.96. The molecule has 66 valence electrons. The fraction of sp³-hybridized carbons (Fsp3) is 0.100.